The van der Waals surface area contributed by atoms with Crippen LogP contribution >= 0.6 is 12.2 Å². The Balaban J connectivity index is 1.80. The highest BCUT2D eigenvalue weighted by molar-refractivity contribution is 7.80. The van der Waals surface area contributed by atoms with Crippen molar-refractivity contribution >= 4 is 40.2 Å². The van der Waals surface area contributed by atoms with Crippen LogP contribution in [0, 0.1) is 0 Å². The van der Waals surface area contributed by atoms with Crippen LogP contribution in [0.25, 0.3) is 28.3 Å². The van der Waals surface area contributed by atoms with Crippen LogP contribution in [0.4, 0.5) is 0 Å². The number of thiocarbonyl (C=S) groups is 1. The molecule has 0 spiro atoms. The maximum absolute atomic E-state index is 11.7. The fourth-order valence-corrected chi connectivity index (χ4v) is 2.70. The van der Waals surface area contributed by atoms with Crippen molar-refractivity contribution in [1.82, 2.24) is 15.8 Å². The molecule has 3 aromatic rings. The van der Waals surface area contributed by atoms with Gasteiger partial charge in [0.15, 0.2) is 10.9 Å². The number of hydrogen-bond acceptors (Lipinski definition) is 4. The van der Waals surface area contributed by atoms with Crippen LogP contribution in [0.1, 0.15) is 5.56 Å². The van der Waals surface area contributed by atoms with Gasteiger partial charge in [0, 0.05) is 5.56 Å². The molecule has 0 unspecified atom stereocenters. The highest BCUT2D eigenvalue weighted by Gasteiger charge is 2.20. The van der Waals surface area contributed by atoms with Crippen molar-refractivity contribution in [3.8, 4) is 11.3 Å². The molecular weight excluding hydrogens is 310 g/mol. The zero-order chi connectivity index (χ0) is 15.8. The predicted octanol–water partition coefficient (Wildman–Crippen LogP) is 2.84. The number of carbonyl (C=O) groups is 1. The zero-order valence-corrected chi connectivity index (χ0v) is 12.7. The molecule has 1 saturated heterocycles. The highest BCUT2D eigenvalue weighted by atomic mass is 32.1. The van der Waals surface area contributed by atoms with Crippen LogP contribution < -0.4 is 10.6 Å². The molecule has 5 nitrogen and oxygen atoms in total. The lowest BCUT2D eigenvalue weighted by Crippen LogP contribution is -2.21. The fraction of sp³-hybridized carbons (Fsp3) is 0. The molecule has 1 aliphatic rings. The number of amides is 1. The number of aromatic nitrogens is 1. The van der Waals surface area contributed by atoms with Gasteiger partial charge in [-0.05, 0) is 36.0 Å². The summed E-state index contributed by atoms with van der Waals surface area (Å²) in [5, 5.41) is 10.7. The highest BCUT2D eigenvalue weighted by Crippen LogP contribution is 2.29. The van der Waals surface area contributed by atoms with Crippen molar-refractivity contribution in [3.63, 3.8) is 0 Å². The van der Waals surface area contributed by atoms with Gasteiger partial charge in [-0.3, -0.25) is 10.1 Å². The molecule has 0 aliphatic carbocycles. The van der Waals surface area contributed by atoms with E-state index < -0.39 is 0 Å². The average molecular weight is 321 g/mol. The van der Waals surface area contributed by atoms with E-state index in [1.807, 2.05) is 48.5 Å². The molecule has 1 fully saturated rings. The molecular formula is C17H11N3O2S. The van der Waals surface area contributed by atoms with E-state index in [1.165, 1.54) is 0 Å². The summed E-state index contributed by atoms with van der Waals surface area (Å²) in [4.78, 5) is 11.7. The van der Waals surface area contributed by atoms with E-state index in [0.717, 1.165) is 22.0 Å². The summed E-state index contributed by atoms with van der Waals surface area (Å²) in [7, 11) is 0. The summed E-state index contributed by atoms with van der Waals surface area (Å²) in [5.74, 6) is 0.476. The molecule has 112 valence electrons. The van der Waals surface area contributed by atoms with Gasteiger partial charge < -0.3 is 9.84 Å². The molecule has 2 heterocycles. The second-order valence-electron chi connectivity index (χ2n) is 5.12. The third-order valence-corrected chi connectivity index (χ3v) is 3.77. The molecule has 1 aliphatic heterocycles. The maximum Gasteiger partial charge on any atom is 0.273 e. The van der Waals surface area contributed by atoms with Gasteiger partial charge in [-0.15, -0.1) is 0 Å². The zero-order valence-electron chi connectivity index (χ0n) is 11.9. The number of nitrogens with zero attached hydrogens (tertiary/aromatic N) is 1. The Morgan fingerprint density at radius 3 is 2.65 bits per heavy atom. The molecule has 23 heavy (non-hydrogen) atoms. The molecule has 2 N–H and O–H groups in total. The number of benzene rings is 2. The van der Waals surface area contributed by atoms with Crippen LogP contribution in [0.5, 0.6) is 0 Å². The number of fused-ring (bicyclic) bond motifs is 1. The number of rotatable bonds is 2. The van der Waals surface area contributed by atoms with E-state index in [-0.39, 0.29) is 5.91 Å². The summed E-state index contributed by atoms with van der Waals surface area (Å²) >= 11 is 4.93. The normalized spacial score (nSPS) is 15.9. The Labute approximate surface area is 137 Å². The largest absolute Gasteiger partial charge is 0.355 e. The predicted molar refractivity (Wildman–Crippen MR) is 91.3 cm³/mol. The first-order valence-corrected chi connectivity index (χ1v) is 7.40. The monoisotopic (exact) mass is 321 g/mol. The lowest BCUT2D eigenvalue weighted by molar-refractivity contribution is -0.115. The number of carbonyl (C=O) groups excluding carboxylic acids is 1. The van der Waals surface area contributed by atoms with Crippen molar-refractivity contribution in [2.75, 3.05) is 0 Å². The van der Waals surface area contributed by atoms with E-state index in [1.54, 1.807) is 6.08 Å². The molecule has 1 aromatic heterocycles. The van der Waals surface area contributed by atoms with Crippen LogP contribution in [0.2, 0.25) is 0 Å². The van der Waals surface area contributed by atoms with E-state index in [2.05, 4.69) is 15.8 Å². The quantitative estimate of drug-likeness (QED) is 0.561. The van der Waals surface area contributed by atoms with Gasteiger partial charge in [-0.1, -0.05) is 41.6 Å². The summed E-state index contributed by atoms with van der Waals surface area (Å²) in [6.45, 7) is 0. The first-order chi connectivity index (χ1) is 11.2. The van der Waals surface area contributed by atoms with Gasteiger partial charge in [0.2, 0.25) is 0 Å². The van der Waals surface area contributed by atoms with Gasteiger partial charge in [0.1, 0.15) is 11.2 Å². The Morgan fingerprint density at radius 1 is 1.09 bits per heavy atom. The smallest absolute Gasteiger partial charge is 0.273 e. The molecule has 2 aromatic carbocycles. The minimum atomic E-state index is -0.233. The van der Waals surface area contributed by atoms with Gasteiger partial charge >= 0.3 is 0 Å². The third kappa shape index (κ3) is 2.49. The Bertz CT molecular complexity index is 960. The van der Waals surface area contributed by atoms with E-state index in [4.69, 9.17) is 16.7 Å². The van der Waals surface area contributed by atoms with E-state index in [9.17, 15) is 4.79 Å². The Kier molecular flexibility index (Phi) is 3.17. The number of hydrogen-bond donors (Lipinski definition) is 2. The van der Waals surface area contributed by atoms with Gasteiger partial charge in [-0.25, -0.2) is 0 Å². The molecule has 0 atom stereocenters. The second-order valence-corrected chi connectivity index (χ2v) is 5.53. The number of nitrogens with one attached hydrogen (secondary N) is 2. The van der Waals surface area contributed by atoms with Gasteiger partial charge in [0.25, 0.3) is 5.91 Å². The van der Waals surface area contributed by atoms with Gasteiger partial charge in [0.05, 0.1) is 5.39 Å². The Morgan fingerprint density at radius 2 is 1.91 bits per heavy atom. The van der Waals surface area contributed by atoms with Gasteiger partial charge in [-0.2, -0.15) is 0 Å². The summed E-state index contributed by atoms with van der Waals surface area (Å²) < 4.78 is 5.48. The molecule has 6 heteroatoms. The van der Waals surface area contributed by atoms with Crippen molar-refractivity contribution in [1.29, 1.82) is 0 Å². The van der Waals surface area contributed by atoms with Crippen molar-refractivity contribution < 1.29 is 9.32 Å². The summed E-state index contributed by atoms with van der Waals surface area (Å²) in [5.41, 5.74) is 3.01. The molecule has 0 bridgehead atoms. The molecule has 4 rings (SSSR count). The van der Waals surface area contributed by atoms with Crippen LogP contribution in [0.15, 0.2) is 58.8 Å². The summed E-state index contributed by atoms with van der Waals surface area (Å²) in [6.07, 6.45) is 1.75. The van der Waals surface area contributed by atoms with E-state index in [0.29, 0.717) is 16.6 Å². The first-order valence-electron chi connectivity index (χ1n) is 6.99. The van der Waals surface area contributed by atoms with Crippen LogP contribution in [-0.4, -0.2) is 16.2 Å². The van der Waals surface area contributed by atoms with E-state index >= 15 is 0 Å². The molecule has 0 saturated carbocycles. The standard InChI is InChI=1S/C17H11N3O2S/c21-16-14(18-17(23)19-16)9-10-6-7-13-12(8-10)15(22-20-13)11-4-2-1-3-5-11/h1-9H,(H2,18,19,21,23). The lowest BCUT2D eigenvalue weighted by atomic mass is 10.1. The molecule has 1 amide bonds. The fourth-order valence-electron chi connectivity index (χ4n) is 2.50. The third-order valence-electron chi connectivity index (χ3n) is 3.57. The summed E-state index contributed by atoms with van der Waals surface area (Å²) in [6, 6.07) is 15.5. The minimum absolute atomic E-state index is 0.233. The lowest BCUT2D eigenvalue weighted by Gasteiger charge is -1.99. The van der Waals surface area contributed by atoms with Crippen molar-refractivity contribution in [2.45, 2.75) is 0 Å². The van der Waals surface area contributed by atoms with Crippen molar-refractivity contribution in [2.24, 2.45) is 0 Å². The Hall–Kier alpha value is -2.99. The second kappa shape index (κ2) is 5.33. The first kappa shape index (κ1) is 13.7. The van der Waals surface area contributed by atoms with Crippen LogP contribution in [0.3, 0.4) is 0 Å². The maximum atomic E-state index is 11.7. The molecule has 0 radical (unpaired) electrons. The SMILES string of the molecule is O=C1NC(=S)NC1=Cc1ccc2noc(-c3ccccc3)c2c1. The van der Waals surface area contributed by atoms with Crippen molar-refractivity contribution in [3.05, 3.63) is 59.8 Å². The average Bonchev–Trinajstić information content (AvgIpc) is 3.11. The van der Waals surface area contributed by atoms with Crippen LogP contribution in [-0.2, 0) is 4.79 Å². The minimum Gasteiger partial charge on any atom is -0.355 e. The topological polar surface area (TPSA) is 67.2 Å².